The van der Waals surface area contributed by atoms with Crippen LogP contribution in [0.3, 0.4) is 0 Å². The predicted molar refractivity (Wildman–Crippen MR) is 159 cm³/mol. The summed E-state index contributed by atoms with van der Waals surface area (Å²) in [6.07, 6.45) is 6.37. The minimum Gasteiger partial charge on any atom is -0.462 e. The summed E-state index contributed by atoms with van der Waals surface area (Å²) in [6, 6.07) is 13.2. The van der Waals surface area contributed by atoms with E-state index in [1.54, 1.807) is 19.1 Å². The lowest BCUT2D eigenvalue weighted by atomic mass is 9.96. The molecule has 0 saturated heterocycles. The molecule has 2 aliphatic rings. The molecule has 43 heavy (non-hydrogen) atoms. The van der Waals surface area contributed by atoms with E-state index in [9.17, 15) is 28.8 Å². The Hall–Kier alpha value is -4.92. The molecule has 2 aliphatic heterocycles. The molecular weight excluding hydrogens is 548 g/mol. The van der Waals surface area contributed by atoms with Gasteiger partial charge in [0, 0.05) is 18.2 Å². The van der Waals surface area contributed by atoms with Crippen LogP contribution in [-0.4, -0.2) is 53.9 Å². The van der Waals surface area contributed by atoms with Crippen molar-refractivity contribution in [1.82, 2.24) is 4.90 Å². The van der Waals surface area contributed by atoms with Crippen LogP contribution in [0.1, 0.15) is 119 Å². The van der Waals surface area contributed by atoms with Gasteiger partial charge in [-0.1, -0.05) is 51.2 Å². The first-order valence-electron chi connectivity index (χ1n) is 14.4. The van der Waals surface area contributed by atoms with Gasteiger partial charge in [0.15, 0.2) is 5.78 Å². The Bertz CT molecular complexity index is 1690. The Morgan fingerprint density at radius 1 is 0.651 bits per heavy atom. The molecule has 0 aliphatic carbocycles. The third-order valence-corrected chi connectivity index (χ3v) is 7.79. The number of amides is 4. The van der Waals surface area contributed by atoms with E-state index in [1.165, 1.54) is 55.9 Å². The Labute approximate surface area is 249 Å². The molecule has 9 nitrogen and oxygen atoms in total. The molecule has 0 bridgehead atoms. The topological polar surface area (TPSA) is 118 Å². The second-order valence-corrected chi connectivity index (χ2v) is 10.9. The minimum atomic E-state index is -0.622. The fourth-order valence-electron chi connectivity index (χ4n) is 5.43. The predicted octanol–water partition coefficient (Wildman–Crippen LogP) is 5.77. The Morgan fingerprint density at radius 3 is 1.88 bits per heavy atom. The molecule has 9 heteroatoms. The molecule has 0 radical (unpaired) electrons. The van der Waals surface area contributed by atoms with Crippen LogP contribution in [0.25, 0.3) is 0 Å². The number of ketones is 1. The zero-order valence-electron chi connectivity index (χ0n) is 24.4. The van der Waals surface area contributed by atoms with Crippen molar-refractivity contribution in [2.24, 2.45) is 0 Å². The average Bonchev–Trinajstić information content (AvgIpc) is 3.38. The monoisotopic (exact) mass is 580 g/mol. The number of benzene rings is 3. The van der Waals surface area contributed by atoms with Gasteiger partial charge < -0.3 is 4.74 Å². The summed E-state index contributed by atoms with van der Waals surface area (Å²) in [5.41, 5.74) is 2.01. The highest BCUT2D eigenvalue weighted by Crippen LogP contribution is 2.32. The zero-order valence-corrected chi connectivity index (χ0v) is 24.4. The van der Waals surface area contributed by atoms with Crippen molar-refractivity contribution in [2.75, 3.05) is 18.6 Å². The molecular formula is C34H32N2O7. The number of hydrogen-bond donors (Lipinski definition) is 0. The molecule has 220 valence electrons. The van der Waals surface area contributed by atoms with E-state index in [4.69, 9.17) is 4.74 Å². The maximum Gasteiger partial charge on any atom is 0.338 e. The van der Waals surface area contributed by atoms with Gasteiger partial charge in [0.05, 0.1) is 40.1 Å². The molecule has 3 aromatic carbocycles. The first kappa shape index (κ1) is 29.6. The van der Waals surface area contributed by atoms with Crippen molar-refractivity contribution < 1.29 is 33.5 Å². The third kappa shape index (κ3) is 5.62. The van der Waals surface area contributed by atoms with Crippen molar-refractivity contribution in [3.63, 3.8) is 0 Å². The Kier molecular flexibility index (Phi) is 8.34. The van der Waals surface area contributed by atoms with Crippen LogP contribution in [0.15, 0.2) is 54.6 Å². The number of anilines is 1. The van der Waals surface area contributed by atoms with Crippen LogP contribution in [0.5, 0.6) is 0 Å². The highest BCUT2D eigenvalue weighted by Gasteiger charge is 2.38. The number of hydrogen-bond acceptors (Lipinski definition) is 7. The highest BCUT2D eigenvalue weighted by molar-refractivity contribution is 6.35. The van der Waals surface area contributed by atoms with E-state index in [2.05, 4.69) is 6.92 Å². The van der Waals surface area contributed by atoms with E-state index in [1.807, 2.05) is 0 Å². The molecule has 2 heterocycles. The lowest BCUT2D eigenvalue weighted by molar-refractivity contribution is 0.0496. The Morgan fingerprint density at radius 2 is 1.21 bits per heavy atom. The van der Waals surface area contributed by atoms with Crippen LogP contribution in [0.4, 0.5) is 5.69 Å². The first-order chi connectivity index (χ1) is 20.6. The highest BCUT2D eigenvalue weighted by atomic mass is 16.5. The number of carbonyl (C=O) groups is 6. The van der Waals surface area contributed by atoms with Gasteiger partial charge in [-0.05, 0) is 61.4 Å². The van der Waals surface area contributed by atoms with E-state index in [-0.39, 0.29) is 44.6 Å². The Balaban J connectivity index is 1.33. The number of ether oxygens (including phenoxy) is 1. The molecule has 4 amide bonds. The zero-order chi connectivity index (χ0) is 30.8. The molecule has 0 spiro atoms. The number of imide groups is 2. The molecule has 0 fully saturated rings. The van der Waals surface area contributed by atoms with Crippen LogP contribution < -0.4 is 4.90 Å². The maximum atomic E-state index is 13.5. The summed E-state index contributed by atoms with van der Waals surface area (Å²) in [5, 5.41) is 0. The quantitative estimate of drug-likeness (QED) is 0.122. The average molecular weight is 581 g/mol. The standard InChI is InChI=1S/C34H32N2O7/c1-4-5-6-7-8-9-14-43-34(42)23-15-20(2)16-24(17-23)36-32(40)26-13-11-22(19-28(26)33(36)41)29(37)21-10-12-25-27(18-21)31(39)35(3)30(25)38/h10-13,15-19H,4-9,14H2,1-3H3. The van der Waals surface area contributed by atoms with Crippen LogP contribution in [0.2, 0.25) is 0 Å². The van der Waals surface area contributed by atoms with Crippen LogP contribution >= 0.6 is 0 Å². The van der Waals surface area contributed by atoms with Gasteiger partial charge in [-0.25, -0.2) is 9.69 Å². The molecule has 0 aromatic heterocycles. The fourth-order valence-corrected chi connectivity index (χ4v) is 5.43. The number of nitrogens with zero attached hydrogens (tertiary/aromatic N) is 2. The SMILES string of the molecule is CCCCCCCCOC(=O)c1cc(C)cc(N2C(=O)c3ccc(C(=O)c4ccc5c(c4)C(=O)N(C)C5=O)cc3C2=O)c1. The van der Waals surface area contributed by atoms with Gasteiger partial charge in [-0.3, -0.25) is 28.9 Å². The molecule has 0 atom stereocenters. The molecule has 5 rings (SSSR count). The van der Waals surface area contributed by atoms with Gasteiger partial charge in [-0.15, -0.1) is 0 Å². The second-order valence-electron chi connectivity index (χ2n) is 10.9. The second kappa shape index (κ2) is 12.1. The number of aryl methyl sites for hydroxylation is 1. The van der Waals surface area contributed by atoms with Gasteiger partial charge in [0.1, 0.15) is 0 Å². The number of carbonyl (C=O) groups excluding carboxylic acids is 6. The van der Waals surface area contributed by atoms with Crippen molar-refractivity contribution >= 4 is 41.1 Å². The van der Waals surface area contributed by atoms with E-state index in [0.29, 0.717) is 12.2 Å². The number of fused-ring (bicyclic) bond motifs is 2. The van der Waals surface area contributed by atoms with Crippen LogP contribution in [0, 0.1) is 6.92 Å². The first-order valence-corrected chi connectivity index (χ1v) is 14.4. The normalized spacial score (nSPS) is 13.9. The lowest BCUT2D eigenvalue weighted by Crippen LogP contribution is -2.29. The van der Waals surface area contributed by atoms with Crippen LogP contribution in [-0.2, 0) is 4.74 Å². The summed E-state index contributed by atoms with van der Waals surface area (Å²) >= 11 is 0. The molecule has 0 N–H and O–H groups in total. The maximum absolute atomic E-state index is 13.5. The summed E-state index contributed by atoms with van der Waals surface area (Å²) in [4.78, 5) is 79.5. The number of unbranched alkanes of at least 4 members (excludes halogenated alkanes) is 5. The third-order valence-electron chi connectivity index (χ3n) is 7.79. The minimum absolute atomic E-state index is 0.0525. The summed E-state index contributed by atoms with van der Waals surface area (Å²) in [5.74, 6) is -3.12. The summed E-state index contributed by atoms with van der Waals surface area (Å²) < 4.78 is 5.45. The van der Waals surface area contributed by atoms with Gasteiger partial charge in [-0.2, -0.15) is 0 Å². The number of rotatable bonds is 11. The largest absolute Gasteiger partial charge is 0.462 e. The van der Waals surface area contributed by atoms with E-state index >= 15 is 0 Å². The van der Waals surface area contributed by atoms with Gasteiger partial charge in [0.25, 0.3) is 23.6 Å². The smallest absolute Gasteiger partial charge is 0.338 e. The van der Waals surface area contributed by atoms with Crippen molar-refractivity contribution in [2.45, 2.75) is 52.4 Å². The van der Waals surface area contributed by atoms with Gasteiger partial charge >= 0.3 is 5.97 Å². The molecule has 0 saturated carbocycles. The molecule has 0 unspecified atom stereocenters. The van der Waals surface area contributed by atoms with Crippen molar-refractivity contribution in [1.29, 1.82) is 0 Å². The van der Waals surface area contributed by atoms with Crippen molar-refractivity contribution in [3.05, 3.63) is 99.1 Å². The van der Waals surface area contributed by atoms with Gasteiger partial charge in [0.2, 0.25) is 0 Å². The summed E-state index contributed by atoms with van der Waals surface area (Å²) in [6.45, 7) is 4.21. The summed E-state index contributed by atoms with van der Waals surface area (Å²) in [7, 11) is 1.37. The van der Waals surface area contributed by atoms with Crippen molar-refractivity contribution in [3.8, 4) is 0 Å². The fraction of sp³-hybridized carbons (Fsp3) is 0.294. The number of esters is 1. The molecule has 3 aromatic rings. The van der Waals surface area contributed by atoms with E-state index in [0.717, 1.165) is 41.9 Å². The van der Waals surface area contributed by atoms with E-state index < -0.39 is 35.4 Å². The lowest BCUT2D eigenvalue weighted by Gasteiger charge is -2.16.